The van der Waals surface area contributed by atoms with E-state index in [0.29, 0.717) is 35.0 Å². The Bertz CT molecular complexity index is 1460. The first-order valence-electron chi connectivity index (χ1n) is 13.2. The van der Waals surface area contributed by atoms with Crippen LogP contribution in [0, 0.1) is 6.92 Å². The Hall–Kier alpha value is -3.83. The van der Waals surface area contributed by atoms with Crippen molar-refractivity contribution in [2.75, 3.05) is 31.7 Å². The van der Waals surface area contributed by atoms with E-state index in [1.54, 1.807) is 20.8 Å². The summed E-state index contributed by atoms with van der Waals surface area (Å²) < 4.78 is 15.7. The molecule has 0 spiro atoms. The van der Waals surface area contributed by atoms with Gasteiger partial charge >= 0.3 is 17.9 Å². The van der Waals surface area contributed by atoms with Gasteiger partial charge < -0.3 is 19.5 Å². The number of hydrogen-bond acceptors (Lipinski definition) is 10. The topological polar surface area (TPSA) is 124 Å². The predicted octanol–water partition coefficient (Wildman–Crippen LogP) is 4.52. The molecule has 11 heteroatoms. The van der Waals surface area contributed by atoms with Gasteiger partial charge in [0.15, 0.2) is 6.61 Å². The van der Waals surface area contributed by atoms with E-state index in [-0.39, 0.29) is 34.7 Å². The van der Waals surface area contributed by atoms with Crippen molar-refractivity contribution >= 4 is 51.1 Å². The molecule has 2 aromatic heterocycles. The van der Waals surface area contributed by atoms with Crippen molar-refractivity contribution in [3.8, 4) is 0 Å². The van der Waals surface area contributed by atoms with E-state index >= 15 is 0 Å². The average molecular weight is 568 g/mol. The van der Waals surface area contributed by atoms with Gasteiger partial charge in [-0.15, -0.1) is 11.3 Å². The summed E-state index contributed by atoms with van der Waals surface area (Å²) in [7, 11) is 0. The highest BCUT2D eigenvalue weighted by atomic mass is 32.1. The maximum atomic E-state index is 13.5. The smallest absolute Gasteiger partial charge is 0.348 e. The van der Waals surface area contributed by atoms with Crippen LogP contribution < -0.4 is 5.32 Å². The van der Waals surface area contributed by atoms with Gasteiger partial charge in [0.2, 0.25) is 0 Å². The fourth-order valence-corrected chi connectivity index (χ4v) is 5.80. The molecular formula is C29H33N3O7S. The number of fused-ring (bicyclic) bond motifs is 2. The summed E-state index contributed by atoms with van der Waals surface area (Å²) in [5, 5.41) is 3.40. The van der Waals surface area contributed by atoms with Gasteiger partial charge in [0.1, 0.15) is 9.88 Å². The van der Waals surface area contributed by atoms with Gasteiger partial charge in [-0.05, 0) is 46.2 Å². The SMILES string of the molecule is CCOC(=O)c1sc(NC(=O)COC(=O)c2c3c(nc4ccccc24)CCN(C(C)C)C3)c(C(=O)OCC)c1C. The predicted molar refractivity (Wildman–Crippen MR) is 151 cm³/mol. The number of benzene rings is 1. The van der Waals surface area contributed by atoms with Gasteiger partial charge in [0.05, 0.1) is 29.9 Å². The van der Waals surface area contributed by atoms with Crippen molar-refractivity contribution in [1.29, 1.82) is 0 Å². The Labute approximate surface area is 236 Å². The third kappa shape index (κ3) is 6.00. The van der Waals surface area contributed by atoms with Crippen LogP contribution in [0.4, 0.5) is 5.00 Å². The van der Waals surface area contributed by atoms with Crippen LogP contribution in [-0.4, -0.2) is 66.1 Å². The lowest BCUT2D eigenvalue weighted by Gasteiger charge is -2.32. The van der Waals surface area contributed by atoms with Gasteiger partial charge in [-0.1, -0.05) is 18.2 Å². The number of ether oxygens (including phenoxy) is 3. The van der Waals surface area contributed by atoms with E-state index < -0.39 is 30.4 Å². The van der Waals surface area contributed by atoms with Gasteiger partial charge in [-0.25, -0.2) is 14.4 Å². The molecule has 0 bridgehead atoms. The second kappa shape index (κ2) is 12.6. The summed E-state index contributed by atoms with van der Waals surface area (Å²) >= 11 is 0.909. The molecule has 1 aromatic carbocycles. The molecule has 0 aliphatic carbocycles. The van der Waals surface area contributed by atoms with Crippen molar-refractivity contribution in [2.24, 2.45) is 0 Å². The number of nitrogens with zero attached hydrogens (tertiary/aromatic N) is 2. The number of carbonyl (C=O) groups excluding carboxylic acids is 4. The molecule has 3 heterocycles. The first kappa shape index (κ1) is 29.2. The summed E-state index contributed by atoms with van der Waals surface area (Å²) in [5.41, 5.74) is 3.17. The third-order valence-corrected chi connectivity index (χ3v) is 7.87. The number of pyridine rings is 1. The van der Waals surface area contributed by atoms with E-state index in [1.807, 2.05) is 24.3 Å². The zero-order chi connectivity index (χ0) is 29.0. The number of aromatic nitrogens is 1. The number of nitrogens with one attached hydrogen (secondary N) is 1. The number of thiophene rings is 1. The van der Waals surface area contributed by atoms with Crippen LogP contribution in [0.1, 0.15) is 74.9 Å². The van der Waals surface area contributed by atoms with E-state index in [1.165, 1.54) is 0 Å². The fraction of sp³-hybridized carbons (Fsp3) is 0.414. The zero-order valence-electron chi connectivity index (χ0n) is 23.3. The van der Waals surface area contributed by atoms with Crippen molar-refractivity contribution in [1.82, 2.24) is 9.88 Å². The number of para-hydroxylation sites is 1. The highest BCUT2D eigenvalue weighted by Gasteiger charge is 2.29. The number of rotatable bonds is 9. The van der Waals surface area contributed by atoms with Crippen molar-refractivity contribution < 1.29 is 33.4 Å². The Morgan fingerprint density at radius 3 is 2.38 bits per heavy atom. The first-order chi connectivity index (χ1) is 19.2. The Balaban J connectivity index is 1.58. The molecule has 1 N–H and O–H groups in total. The second-order valence-electron chi connectivity index (χ2n) is 9.57. The number of anilines is 1. The minimum absolute atomic E-state index is 0.0672. The molecule has 3 aromatic rings. The summed E-state index contributed by atoms with van der Waals surface area (Å²) in [6, 6.07) is 7.66. The summed E-state index contributed by atoms with van der Waals surface area (Å²) in [6.07, 6.45) is 0.705. The van der Waals surface area contributed by atoms with E-state index in [4.69, 9.17) is 19.2 Å². The molecule has 0 atom stereocenters. The summed E-state index contributed by atoms with van der Waals surface area (Å²) in [6.45, 7) is 10.2. The van der Waals surface area contributed by atoms with Gasteiger partial charge in [-0.3, -0.25) is 14.7 Å². The van der Waals surface area contributed by atoms with Crippen molar-refractivity contribution in [3.05, 3.63) is 57.1 Å². The van der Waals surface area contributed by atoms with Gasteiger partial charge in [0, 0.05) is 42.2 Å². The highest BCUT2D eigenvalue weighted by molar-refractivity contribution is 7.18. The number of carbonyl (C=O) groups is 4. The minimum atomic E-state index is -0.677. The monoisotopic (exact) mass is 567 g/mol. The minimum Gasteiger partial charge on any atom is -0.462 e. The molecular weight excluding hydrogens is 534 g/mol. The van der Waals surface area contributed by atoms with Crippen molar-refractivity contribution in [2.45, 2.75) is 53.6 Å². The zero-order valence-corrected chi connectivity index (χ0v) is 24.1. The Morgan fingerprint density at radius 1 is 1.00 bits per heavy atom. The fourth-order valence-electron chi connectivity index (χ4n) is 4.69. The molecule has 0 saturated heterocycles. The quantitative estimate of drug-likeness (QED) is 0.294. The molecule has 10 nitrogen and oxygen atoms in total. The Kier molecular flexibility index (Phi) is 9.16. The molecule has 4 rings (SSSR count). The van der Waals surface area contributed by atoms with Crippen LogP contribution >= 0.6 is 11.3 Å². The van der Waals surface area contributed by atoms with Crippen LogP contribution in [0.25, 0.3) is 10.9 Å². The molecule has 0 unspecified atom stereocenters. The maximum absolute atomic E-state index is 13.5. The van der Waals surface area contributed by atoms with E-state index in [0.717, 1.165) is 29.1 Å². The largest absolute Gasteiger partial charge is 0.462 e. The van der Waals surface area contributed by atoms with Crippen LogP contribution in [0.2, 0.25) is 0 Å². The molecule has 40 heavy (non-hydrogen) atoms. The normalized spacial score (nSPS) is 13.2. The number of esters is 3. The van der Waals surface area contributed by atoms with E-state index in [2.05, 4.69) is 24.1 Å². The molecule has 0 radical (unpaired) electrons. The van der Waals surface area contributed by atoms with Crippen LogP contribution in [0.5, 0.6) is 0 Å². The van der Waals surface area contributed by atoms with Crippen LogP contribution in [0.15, 0.2) is 24.3 Å². The lowest BCUT2D eigenvalue weighted by Crippen LogP contribution is -2.37. The van der Waals surface area contributed by atoms with Crippen LogP contribution in [0.3, 0.4) is 0 Å². The summed E-state index contributed by atoms with van der Waals surface area (Å²) in [5.74, 6) is -2.57. The van der Waals surface area contributed by atoms with Crippen LogP contribution in [-0.2, 0) is 32.0 Å². The average Bonchev–Trinajstić information content (AvgIpc) is 3.25. The van der Waals surface area contributed by atoms with Crippen molar-refractivity contribution in [3.63, 3.8) is 0 Å². The number of hydrogen-bond donors (Lipinski definition) is 1. The molecule has 1 amide bonds. The molecule has 1 aliphatic rings. The molecule has 0 fully saturated rings. The highest BCUT2D eigenvalue weighted by Crippen LogP contribution is 2.34. The standard InChI is InChI=1S/C29H33N3O7S/c1-6-37-27(34)23-17(5)25(29(36)38-7-2)40-26(23)31-22(33)15-39-28(35)24-18-10-8-9-11-20(18)30-21-12-13-32(16(3)4)14-19(21)24/h8-11,16H,6-7,12-15H2,1-5H3,(H,31,33). The maximum Gasteiger partial charge on any atom is 0.348 e. The third-order valence-electron chi connectivity index (χ3n) is 6.68. The number of amides is 1. The molecule has 1 aliphatic heterocycles. The molecule has 212 valence electrons. The van der Waals surface area contributed by atoms with Gasteiger partial charge in [0.25, 0.3) is 5.91 Å². The Morgan fingerprint density at radius 2 is 1.68 bits per heavy atom. The lowest BCUT2D eigenvalue weighted by molar-refractivity contribution is -0.119. The first-order valence-corrected chi connectivity index (χ1v) is 14.1. The summed E-state index contributed by atoms with van der Waals surface area (Å²) in [4.78, 5) is 58.7. The molecule has 0 saturated carbocycles. The second-order valence-corrected chi connectivity index (χ2v) is 10.6. The van der Waals surface area contributed by atoms with E-state index in [9.17, 15) is 19.2 Å². The van der Waals surface area contributed by atoms with Gasteiger partial charge in [-0.2, -0.15) is 0 Å². The lowest BCUT2D eigenvalue weighted by atomic mass is 9.95.